The summed E-state index contributed by atoms with van der Waals surface area (Å²) in [5.74, 6) is -0.0520. The summed E-state index contributed by atoms with van der Waals surface area (Å²) in [5, 5.41) is 7.42. The van der Waals surface area contributed by atoms with Crippen molar-refractivity contribution in [2.45, 2.75) is 45.7 Å². The zero-order valence-electron chi connectivity index (χ0n) is 19.0. The Hall–Kier alpha value is -3.74. The molecule has 1 atom stereocenters. The predicted octanol–water partition coefficient (Wildman–Crippen LogP) is 4.69. The van der Waals surface area contributed by atoms with Crippen molar-refractivity contribution in [1.82, 2.24) is 19.5 Å². The fourth-order valence-corrected chi connectivity index (χ4v) is 3.75. The third kappa shape index (κ3) is 5.03. The number of carbonyl (C=O) groups is 1. The largest absolute Gasteiger partial charge is 0.350 e. The van der Waals surface area contributed by atoms with Crippen LogP contribution >= 0.6 is 0 Å². The van der Waals surface area contributed by atoms with Gasteiger partial charge in [0.05, 0.1) is 11.7 Å². The number of aryl methyl sites for hydroxylation is 1. The van der Waals surface area contributed by atoms with Crippen LogP contribution in [0.2, 0.25) is 0 Å². The van der Waals surface area contributed by atoms with Gasteiger partial charge in [-0.1, -0.05) is 50.2 Å². The van der Waals surface area contributed by atoms with Gasteiger partial charge in [-0.25, -0.2) is 8.91 Å². The normalized spacial score (nSPS) is 12.3. The van der Waals surface area contributed by atoms with Crippen molar-refractivity contribution in [1.29, 1.82) is 0 Å². The lowest BCUT2D eigenvalue weighted by atomic mass is 10.0. The molecule has 0 saturated heterocycles. The zero-order chi connectivity index (χ0) is 23.5. The first-order valence-corrected chi connectivity index (χ1v) is 11.1. The van der Waals surface area contributed by atoms with Gasteiger partial charge in [-0.2, -0.15) is 5.10 Å². The van der Waals surface area contributed by atoms with Gasteiger partial charge in [0.1, 0.15) is 11.3 Å². The van der Waals surface area contributed by atoms with Crippen LogP contribution in [-0.4, -0.2) is 20.1 Å². The van der Waals surface area contributed by atoms with Crippen molar-refractivity contribution < 1.29 is 9.18 Å². The summed E-state index contributed by atoms with van der Waals surface area (Å²) in [4.78, 5) is 25.3. The van der Waals surface area contributed by atoms with Crippen LogP contribution in [0, 0.1) is 5.82 Å². The molecule has 170 valence electrons. The van der Waals surface area contributed by atoms with Gasteiger partial charge in [0.25, 0.3) is 5.56 Å². The SMILES string of the molecule is CC(C)c1ccc(-c2cc3c(=O)n(CCC(=O)N[C@H](C)c4ccc(F)cc4)ccn3n2)cc1. The Labute approximate surface area is 191 Å². The van der Waals surface area contributed by atoms with Gasteiger partial charge in [0.2, 0.25) is 5.91 Å². The van der Waals surface area contributed by atoms with E-state index in [0.717, 1.165) is 16.8 Å². The van der Waals surface area contributed by atoms with Gasteiger partial charge in [0.15, 0.2) is 0 Å². The van der Waals surface area contributed by atoms with Gasteiger partial charge >= 0.3 is 0 Å². The van der Waals surface area contributed by atoms with E-state index in [1.54, 1.807) is 35.1 Å². The van der Waals surface area contributed by atoms with E-state index in [1.807, 2.05) is 19.1 Å². The molecule has 1 amide bonds. The molecule has 1 N–H and O–H groups in total. The molecule has 0 aliphatic rings. The first-order chi connectivity index (χ1) is 15.8. The Morgan fingerprint density at radius 2 is 1.67 bits per heavy atom. The minimum absolute atomic E-state index is 0.152. The number of fused-ring (bicyclic) bond motifs is 1. The second-order valence-corrected chi connectivity index (χ2v) is 8.52. The summed E-state index contributed by atoms with van der Waals surface area (Å²) in [7, 11) is 0. The van der Waals surface area contributed by atoms with Crippen molar-refractivity contribution in [2.75, 3.05) is 0 Å². The molecule has 0 unspecified atom stereocenters. The molecule has 0 fully saturated rings. The average Bonchev–Trinajstić information content (AvgIpc) is 3.24. The molecule has 0 bridgehead atoms. The van der Waals surface area contributed by atoms with Gasteiger partial charge < -0.3 is 9.88 Å². The molecule has 2 aromatic heterocycles. The summed E-state index contributed by atoms with van der Waals surface area (Å²) < 4.78 is 16.2. The fourth-order valence-electron chi connectivity index (χ4n) is 3.75. The summed E-state index contributed by atoms with van der Waals surface area (Å²) in [6.45, 7) is 6.38. The minimum atomic E-state index is -0.317. The molecule has 0 aliphatic carbocycles. The summed E-state index contributed by atoms with van der Waals surface area (Å²) >= 11 is 0. The van der Waals surface area contributed by atoms with E-state index in [-0.39, 0.29) is 36.3 Å². The van der Waals surface area contributed by atoms with Gasteiger partial charge in [-0.05, 0) is 42.2 Å². The lowest BCUT2D eigenvalue weighted by Gasteiger charge is -2.14. The van der Waals surface area contributed by atoms with Crippen LogP contribution < -0.4 is 10.9 Å². The average molecular weight is 447 g/mol. The van der Waals surface area contributed by atoms with E-state index in [0.29, 0.717) is 11.4 Å². The van der Waals surface area contributed by atoms with Crippen LogP contribution in [0.5, 0.6) is 0 Å². The first-order valence-electron chi connectivity index (χ1n) is 11.1. The highest BCUT2D eigenvalue weighted by Gasteiger charge is 2.13. The smallest absolute Gasteiger partial charge is 0.276 e. The van der Waals surface area contributed by atoms with Gasteiger partial charge in [0, 0.05) is 30.9 Å². The standard InChI is InChI=1S/C26H27FN4O2/c1-17(2)19-4-6-21(7-5-19)23-16-24-26(33)30(14-15-31(24)29-23)13-12-25(32)28-18(3)20-8-10-22(27)11-9-20/h4-11,14-18H,12-13H2,1-3H3,(H,28,32)/t18-/m1/s1. The number of benzene rings is 2. The number of nitrogens with zero attached hydrogens (tertiary/aromatic N) is 3. The van der Waals surface area contributed by atoms with E-state index in [4.69, 9.17) is 0 Å². The van der Waals surface area contributed by atoms with Crippen molar-refractivity contribution in [3.8, 4) is 11.3 Å². The van der Waals surface area contributed by atoms with Gasteiger partial charge in [-0.3, -0.25) is 9.59 Å². The Morgan fingerprint density at radius 3 is 2.33 bits per heavy atom. The molecule has 33 heavy (non-hydrogen) atoms. The Kier molecular flexibility index (Phi) is 6.40. The number of hydrogen-bond donors (Lipinski definition) is 1. The Morgan fingerprint density at radius 1 is 1.00 bits per heavy atom. The molecule has 0 aliphatic heterocycles. The number of hydrogen-bond acceptors (Lipinski definition) is 3. The highest BCUT2D eigenvalue weighted by Crippen LogP contribution is 2.22. The molecule has 2 heterocycles. The summed E-state index contributed by atoms with van der Waals surface area (Å²) in [6.07, 6.45) is 3.52. The highest BCUT2D eigenvalue weighted by molar-refractivity contribution is 5.76. The van der Waals surface area contributed by atoms with E-state index in [1.165, 1.54) is 22.3 Å². The molecule has 0 radical (unpaired) electrons. The van der Waals surface area contributed by atoms with Crippen molar-refractivity contribution in [3.05, 3.63) is 94.3 Å². The maximum atomic E-state index is 13.1. The quantitative estimate of drug-likeness (QED) is 0.448. The lowest BCUT2D eigenvalue weighted by Crippen LogP contribution is -2.29. The van der Waals surface area contributed by atoms with Crippen LogP contribution in [0.1, 0.15) is 50.3 Å². The van der Waals surface area contributed by atoms with E-state index in [2.05, 4.69) is 36.4 Å². The monoisotopic (exact) mass is 446 g/mol. The summed E-state index contributed by atoms with van der Waals surface area (Å²) in [5.41, 5.74) is 4.00. The molecule has 4 rings (SSSR count). The number of nitrogens with one attached hydrogen (secondary N) is 1. The number of halogens is 1. The van der Waals surface area contributed by atoms with Crippen molar-refractivity contribution >= 4 is 11.4 Å². The van der Waals surface area contributed by atoms with E-state index in [9.17, 15) is 14.0 Å². The van der Waals surface area contributed by atoms with E-state index < -0.39 is 0 Å². The molecule has 7 heteroatoms. The van der Waals surface area contributed by atoms with Crippen LogP contribution in [-0.2, 0) is 11.3 Å². The molecular weight excluding hydrogens is 419 g/mol. The first kappa shape index (κ1) is 22.5. The third-order valence-electron chi connectivity index (χ3n) is 5.80. The highest BCUT2D eigenvalue weighted by atomic mass is 19.1. The van der Waals surface area contributed by atoms with Gasteiger partial charge in [-0.15, -0.1) is 0 Å². The maximum Gasteiger partial charge on any atom is 0.276 e. The van der Waals surface area contributed by atoms with Crippen LogP contribution in [0.15, 0.2) is 71.8 Å². The predicted molar refractivity (Wildman–Crippen MR) is 127 cm³/mol. The molecule has 6 nitrogen and oxygen atoms in total. The second-order valence-electron chi connectivity index (χ2n) is 8.52. The van der Waals surface area contributed by atoms with E-state index >= 15 is 0 Å². The lowest BCUT2D eigenvalue weighted by molar-refractivity contribution is -0.121. The molecule has 0 saturated carbocycles. The second kappa shape index (κ2) is 9.40. The minimum Gasteiger partial charge on any atom is -0.350 e. The van der Waals surface area contributed by atoms with Crippen LogP contribution in [0.3, 0.4) is 0 Å². The topological polar surface area (TPSA) is 68.4 Å². The number of aromatic nitrogens is 3. The number of carbonyl (C=O) groups excluding carboxylic acids is 1. The molecule has 2 aromatic carbocycles. The summed E-state index contributed by atoms with van der Waals surface area (Å²) in [6, 6.07) is 15.7. The number of rotatable bonds is 7. The van der Waals surface area contributed by atoms with Crippen molar-refractivity contribution in [2.24, 2.45) is 0 Å². The molecular formula is C26H27FN4O2. The molecule has 0 spiro atoms. The number of amides is 1. The molecule has 4 aromatic rings. The van der Waals surface area contributed by atoms with Crippen LogP contribution in [0.4, 0.5) is 4.39 Å². The maximum absolute atomic E-state index is 13.1. The Bertz CT molecular complexity index is 1320. The van der Waals surface area contributed by atoms with Crippen LogP contribution in [0.25, 0.3) is 16.8 Å². The fraction of sp³-hybridized carbons (Fsp3) is 0.269. The zero-order valence-corrected chi connectivity index (χ0v) is 19.0. The van der Waals surface area contributed by atoms with Crippen molar-refractivity contribution in [3.63, 3.8) is 0 Å². The third-order valence-corrected chi connectivity index (χ3v) is 5.80. The Balaban J connectivity index is 1.45.